The monoisotopic (exact) mass is 422 g/mol. The van der Waals surface area contributed by atoms with E-state index in [1.807, 2.05) is 6.92 Å². The lowest BCUT2D eigenvalue weighted by atomic mass is 9.86. The van der Waals surface area contributed by atoms with Crippen molar-refractivity contribution in [3.8, 4) is 0 Å². The van der Waals surface area contributed by atoms with E-state index in [2.05, 4.69) is 0 Å². The third-order valence-electron chi connectivity index (χ3n) is 5.42. The van der Waals surface area contributed by atoms with Crippen LogP contribution in [0.4, 0.5) is 0 Å². The van der Waals surface area contributed by atoms with Crippen molar-refractivity contribution in [3.63, 3.8) is 0 Å². The van der Waals surface area contributed by atoms with Gasteiger partial charge < -0.3 is 5.11 Å². The molecule has 1 aliphatic rings. The van der Waals surface area contributed by atoms with Crippen molar-refractivity contribution >= 4 is 15.9 Å². The Morgan fingerprint density at radius 2 is 1.76 bits per heavy atom. The van der Waals surface area contributed by atoms with E-state index in [4.69, 9.17) is 4.18 Å². The first-order valence-electron chi connectivity index (χ1n) is 10.7. The number of ketones is 1. The van der Waals surface area contributed by atoms with Gasteiger partial charge in [-0.1, -0.05) is 62.0 Å². The van der Waals surface area contributed by atoms with Crippen LogP contribution in [0.1, 0.15) is 69.8 Å². The molecular formula is C23H34O5S. The standard InChI is InChI=1S/C23H34O5S/c1-19-14-16-22(17-15-19)29(26,27)28-18-21(24)12-8-5-9-13-23(25)20-10-6-3-2-4-7-11-20/h8,12,14-17,20-21,24H,2-7,9-11,13,18H2,1H3/b12-8-/t21-/m1/s1. The number of hydrogen-bond acceptors (Lipinski definition) is 5. The molecule has 0 radical (unpaired) electrons. The highest BCUT2D eigenvalue weighted by Gasteiger charge is 2.19. The molecule has 6 heteroatoms. The number of allylic oxidation sites excluding steroid dienone is 1. The van der Waals surface area contributed by atoms with Gasteiger partial charge in [-0.25, -0.2) is 0 Å². The van der Waals surface area contributed by atoms with Crippen molar-refractivity contribution in [1.29, 1.82) is 0 Å². The summed E-state index contributed by atoms with van der Waals surface area (Å²) in [4.78, 5) is 12.4. The summed E-state index contributed by atoms with van der Waals surface area (Å²) in [6, 6.07) is 6.37. The quantitative estimate of drug-likeness (QED) is 0.335. The normalized spacial score (nSPS) is 17.7. The summed E-state index contributed by atoms with van der Waals surface area (Å²) in [5, 5.41) is 9.93. The second kappa shape index (κ2) is 12.3. The van der Waals surface area contributed by atoms with E-state index in [-0.39, 0.29) is 17.4 Å². The van der Waals surface area contributed by atoms with Crippen LogP contribution in [0.2, 0.25) is 0 Å². The highest BCUT2D eigenvalue weighted by atomic mass is 32.2. The van der Waals surface area contributed by atoms with Crippen LogP contribution in [0, 0.1) is 12.8 Å². The zero-order valence-corrected chi connectivity index (χ0v) is 18.2. The van der Waals surface area contributed by atoms with Crippen LogP contribution in [-0.2, 0) is 19.1 Å². The molecule has 1 aromatic rings. The van der Waals surface area contributed by atoms with Crippen LogP contribution >= 0.6 is 0 Å². The zero-order valence-electron chi connectivity index (χ0n) is 17.4. The maximum absolute atomic E-state index is 12.4. The number of carbonyl (C=O) groups is 1. The van der Waals surface area contributed by atoms with E-state index >= 15 is 0 Å². The Morgan fingerprint density at radius 1 is 1.14 bits per heavy atom. The number of benzene rings is 1. The summed E-state index contributed by atoms with van der Waals surface area (Å²) in [5.41, 5.74) is 0.958. The van der Waals surface area contributed by atoms with Crippen LogP contribution in [0.3, 0.4) is 0 Å². The average molecular weight is 423 g/mol. The molecule has 1 aliphatic carbocycles. The predicted octanol–water partition coefficient (Wildman–Crippen LogP) is 4.72. The van der Waals surface area contributed by atoms with Crippen LogP contribution in [0.5, 0.6) is 0 Å². The smallest absolute Gasteiger partial charge is 0.297 e. The fourth-order valence-electron chi connectivity index (χ4n) is 3.62. The van der Waals surface area contributed by atoms with Crippen molar-refractivity contribution in [3.05, 3.63) is 42.0 Å². The van der Waals surface area contributed by atoms with E-state index < -0.39 is 16.2 Å². The van der Waals surface area contributed by atoms with E-state index in [0.29, 0.717) is 18.6 Å². The van der Waals surface area contributed by atoms with Gasteiger partial charge in [-0.15, -0.1) is 0 Å². The molecule has 2 rings (SSSR count). The van der Waals surface area contributed by atoms with Gasteiger partial charge >= 0.3 is 0 Å². The van der Waals surface area contributed by atoms with Crippen LogP contribution in [0.15, 0.2) is 41.3 Å². The topological polar surface area (TPSA) is 80.7 Å². The fraction of sp³-hybridized carbons (Fsp3) is 0.609. The number of aliphatic hydroxyl groups is 1. The molecule has 1 fully saturated rings. The third kappa shape index (κ3) is 8.81. The molecule has 29 heavy (non-hydrogen) atoms. The predicted molar refractivity (Wildman–Crippen MR) is 114 cm³/mol. The van der Waals surface area contributed by atoms with Gasteiger partial charge in [-0.05, 0) is 44.7 Å². The summed E-state index contributed by atoms with van der Waals surface area (Å²) >= 11 is 0. The van der Waals surface area contributed by atoms with Crippen molar-refractivity contribution in [2.24, 2.45) is 5.92 Å². The lowest BCUT2D eigenvalue weighted by Crippen LogP contribution is -2.17. The maximum atomic E-state index is 12.4. The summed E-state index contributed by atoms with van der Waals surface area (Å²) in [6.07, 6.45) is 12.5. The Morgan fingerprint density at radius 3 is 2.41 bits per heavy atom. The molecule has 0 unspecified atom stereocenters. The number of aryl methyl sites for hydroxylation is 1. The van der Waals surface area contributed by atoms with Crippen LogP contribution in [0.25, 0.3) is 0 Å². The summed E-state index contributed by atoms with van der Waals surface area (Å²) in [5.74, 6) is 0.596. The molecule has 0 amide bonds. The second-order valence-corrected chi connectivity index (χ2v) is 9.56. The van der Waals surface area contributed by atoms with Gasteiger partial charge in [0.1, 0.15) is 5.78 Å². The minimum absolute atomic E-state index is 0.0759. The van der Waals surface area contributed by atoms with Gasteiger partial charge in [0.2, 0.25) is 0 Å². The van der Waals surface area contributed by atoms with E-state index in [0.717, 1.165) is 37.7 Å². The van der Waals surface area contributed by atoms with Crippen LogP contribution < -0.4 is 0 Å². The van der Waals surface area contributed by atoms with Gasteiger partial charge in [0, 0.05) is 12.3 Å². The molecule has 0 aromatic heterocycles. The molecule has 0 heterocycles. The summed E-state index contributed by atoms with van der Waals surface area (Å²) in [6.45, 7) is 1.55. The first kappa shape index (κ1) is 23.8. The number of carbonyl (C=O) groups excluding carboxylic acids is 1. The Balaban J connectivity index is 1.66. The highest BCUT2D eigenvalue weighted by molar-refractivity contribution is 7.86. The lowest BCUT2D eigenvalue weighted by Gasteiger charge is -2.18. The molecule has 0 bridgehead atoms. The minimum atomic E-state index is -3.88. The lowest BCUT2D eigenvalue weighted by molar-refractivity contribution is -0.123. The van der Waals surface area contributed by atoms with E-state index in [9.17, 15) is 18.3 Å². The minimum Gasteiger partial charge on any atom is -0.387 e. The first-order chi connectivity index (χ1) is 13.9. The molecule has 1 saturated carbocycles. The Hall–Kier alpha value is -1.50. The maximum Gasteiger partial charge on any atom is 0.297 e. The summed E-state index contributed by atoms with van der Waals surface area (Å²) in [7, 11) is -3.88. The Bertz CT molecular complexity index is 744. The molecule has 1 N–H and O–H groups in total. The number of hydrogen-bond donors (Lipinski definition) is 1. The van der Waals surface area contributed by atoms with Gasteiger partial charge in [-0.3, -0.25) is 8.98 Å². The Kier molecular flexibility index (Phi) is 10.0. The highest BCUT2D eigenvalue weighted by Crippen LogP contribution is 2.24. The molecule has 0 spiro atoms. The molecule has 5 nitrogen and oxygen atoms in total. The van der Waals surface area contributed by atoms with E-state index in [1.165, 1.54) is 37.5 Å². The van der Waals surface area contributed by atoms with Crippen molar-refractivity contribution in [1.82, 2.24) is 0 Å². The number of aliphatic hydroxyl groups excluding tert-OH is 1. The van der Waals surface area contributed by atoms with Gasteiger partial charge in [0.05, 0.1) is 17.6 Å². The SMILES string of the molecule is Cc1ccc(S(=O)(=O)OC[C@H](O)/C=C\CCCC(=O)C2CCCCCCC2)cc1. The van der Waals surface area contributed by atoms with Gasteiger partial charge in [0.25, 0.3) is 10.1 Å². The van der Waals surface area contributed by atoms with Crippen LogP contribution in [-0.4, -0.2) is 32.0 Å². The molecule has 162 valence electrons. The fourth-order valence-corrected chi connectivity index (χ4v) is 4.54. The van der Waals surface area contributed by atoms with Crippen molar-refractivity contribution in [2.75, 3.05) is 6.61 Å². The molecule has 0 aliphatic heterocycles. The Labute approximate surface area is 175 Å². The second-order valence-electron chi connectivity index (χ2n) is 7.95. The number of unbranched alkanes of at least 4 members (excludes halogenated alkanes) is 1. The number of rotatable bonds is 10. The van der Waals surface area contributed by atoms with Crippen molar-refractivity contribution < 1.29 is 22.5 Å². The number of Topliss-reactive ketones (excluding diaryl/α,β-unsaturated/α-hetero) is 1. The largest absolute Gasteiger partial charge is 0.387 e. The van der Waals surface area contributed by atoms with Crippen molar-refractivity contribution in [2.45, 2.75) is 82.1 Å². The molecule has 1 aromatic carbocycles. The van der Waals surface area contributed by atoms with Gasteiger partial charge in [0.15, 0.2) is 0 Å². The van der Waals surface area contributed by atoms with E-state index in [1.54, 1.807) is 18.2 Å². The zero-order chi connectivity index (χ0) is 21.1. The molecular weight excluding hydrogens is 388 g/mol. The van der Waals surface area contributed by atoms with Gasteiger partial charge in [-0.2, -0.15) is 8.42 Å². The molecule has 1 atom stereocenters. The summed E-state index contributed by atoms with van der Waals surface area (Å²) < 4.78 is 29.1. The molecule has 0 saturated heterocycles. The third-order valence-corrected chi connectivity index (χ3v) is 6.71. The average Bonchev–Trinajstić information content (AvgIpc) is 2.66. The first-order valence-corrected chi connectivity index (χ1v) is 12.1.